The van der Waals surface area contributed by atoms with Gasteiger partial charge in [-0.25, -0.2) is 0 Å². The van der Waals surface area contributed by atoms with E-state index < -0.39 is 11.9 Å². The smallest absolute Gasteiger partial charge is 0.311 e. The van der Waals surface area contributed by atoms with Crippen LogP contribution in [0, 0.1) is 5.41 Å². The van der Waals surface area contributed by atoms with Gasteiger partial charge in [-0.05, 0) is 6.42 Å². The molecule has 0 aliphatic heterocycles. The molecule has 0 aromatic heterocycles. The van der Waals surface area contributed by atoms with Crippen LogP contribution in [0.4, 0.5) is 0 Å². The van der Waals surface area contributed by atoms with E-state index in [1.165, 1.54) is 51.9 Å². The summed E-state index contributed by atoms with van der Waals surface area (Å²) in [5.74, 6) is -0.871. The van der Waals surface area contributed by atoms with Crippen LogP contribution in [0.3, 0.4) is 0 Å². The first-order valence-electron chi connectivity index (χ1n) is 8.41. The fourth-order valence-corrected chi connectivity index (χ4v) is 2.06. The van der Waals surface area contributed by atoms with Crippen molar-refractivity contribution in [1.82, 2.24) is 0 Å². The minimum atomic E-state index is -0.451. The molecule has 0 saturated carbocycles. The van der Waals surface area contributed by atoms with E-state index in [2.05, 4.69) is 11.7 Å². The van der Waals surface area contributed by atoms with Crippen LogP contribution in [-0.2, 0) is 19.1 Å². The predicted molar refractivity (Wildman–Crippen MR) is 87.2 cm³/mol. The van der Waals surface area contributed by atoms with Crippen molar-refractivity contribution >= 4 is 17.7 Å². The van der Waals surface area contributed by atoms with Gasteiger partial charge in [-0.2, -0.15) is 0 Å². The van der Waals surface area contributed by atoms with Crippen LogP contribution in [0.5, 0.6) is 0 Å². The van der Waals surface area contributed by atoms with E-state index in [4.69, 9.17) is 10.1 Å². The van der Waals surface area contributed by atoms with Crippen LogP contribution in [-0.4, -0.2) is 30.9 Å². The lowest BCUT2D eigenvalue weighted by Crippen LogP contribution is -2.17. The van der Waals surface area contributed by atoms with Gasteiger partial charge in [-0.1, -0.05) is 58.3 Å². The van der Waals surface area contributed by atoms with Gasteiger partial charge in [0.05, 0.1) is 18.7 Å². The molecule has 0 bridgehead atoms. The molecular formula is C17H31NO4. The molecule has 0 aliphatic carbocycles. The Bertz CT molecular complexity index is 329. The van der Waals surface area contributed by atoms with Gasteiger partial charge in [0.2, 0.25) is 0 Å². The Kier molecular flexibility index (Phi) is 13.6. The van der Waals surface area contributed by atoms with Crippen molar-refractivity contribution in [3.05, 3.63) is 0 Å². The number of hydrogen-bond acceptors (Lipinski definition) is 5. The van der Waals surface area contributed by atoms with Crippen molar-refractivity contribution in [2.45, 2.75) is 78.1 Å². The molecule has 0 fully saturated rings. The molecule has 0 atom stereocenters. The average Bonchev–Trinajstić information content (AvgIpc) is 2.47. The maximum absolute atomic E-state index is 11.4. The van der Waals surface area contributed by atoms with E-state index in [9.17, 15) is 9.59 Å². The van der Waals surface area contributed by atoms with Crippen molar-refractivity contribution in [2.75, 3.05) is 13.2 Å². The lowest BCUT2D eigenvalue weighted by molar-refractivity contribution is -0.143. The predicted octanol–water partition coefficient (Wildman–Crippen LogP) is 4.03. The van der Waals surface area contributed by atoms with E-state index >= 15 is 0 Å². The first-order valence-corrected chi connectivity index (χ1v) is 8.41. The summed E-state index contributed by atoms with van der Waals surface area (Å²) in [5, 5.41) is 7.47. The highest BCUT2D eigenvalue weighted by Crippen LogP contribution is 2.09. The van der Waals surface area contributed by atoms with Gasteiger partial charge in [0.1, 0.15) is 6.61 Å². The van der Waals surface area contributed by atoms with E-state index in [1.54, 1.807) is 0 Å². The van der Waals surface area contributed by atoms with E-state index in [1.807, 2.05) is 0 Å². The minimum absolute atomic E-state index is 0.0623. The van der Waals surface area contributed by atoms with Crippen LogP contribution < -0.4 is 0 Å². The summed E-state index contributed by atoms with van der Waals surface area (Å²) in [5.41, 5.74) is 0.0623. The highest BCUT2D eigenvalue weighted by Gasteiger charge is 2.08. The maximum atomic E-state index is 11.4. The van der Waals surface area contributed by atoms with Gasteiger partial charge in [0.25, 0.3) is 0 Å². The Labute approximate surface area is 134 Å². The summed E-state index contributed by atoms with van der Waals surface area (Å²) in [6, 6.07) is 0. The van der Waals surface area contributed by atoms with Crippen LogP contribution in [0.25, 0.3) is 0 Å². The number of esters is 2. The molecule has 5 heteroatoms. The van der Waals surface area contributed by atoms with Crippen molar-refractivity contribution in [3.63, 3.8) is 0 Å². The number of rotatable bonds is 14. The Morgan fingerprint density at radius 3 is 1.95 bits per heavy atom. The monoisotopic (exact) mass is 313 g/mol. The summed E-state index contributed by atoms with van der Waals surface area (Å²) >= 11 is 0. The molecular weight excluding hydrogens is 282 g/mol. The summed E-state index contributed by atoms with van der Waals surface area (Å²) in [7, 11) is 0. The number of unbranched alkanes of at least 4 members (excludes halogenated alkanes) is 8. The molecule has 128 valence electrons. The molecule has 0 saturated heterocycles. The maximum Gasteiger partial charge on any atom is 0.311 e. The van der Waals surface area contributed by atoms with Gasteiger partial charge < -0.3 is 14.9 Å². The highest BCUT2D eigenvalue weighted by atomic mass is 16.5. The van der Waals surface area contributed by atoms with Gasteiger partial charge in [0, 0.05) is 6.92 Å². The summed E-state index contributed by atoms with van der Waals surface area (Å²) in [6.45, 7) is 3.77. The number of nitrogens with one attached hydrogen (secondary N) is 1. The standard InChI is InChI=1S/C17H31NO4/c1-3-4-5-6-7-8-9-10-11-12-21-17(20)13-16(18)14-22-15(2)19/h18H,3-14H2,1-2H3. The topological polar surface area (TPSA) is 76.5 Å². The molecule has 5 nitrogen and oxygen atoms in total. The first kappa shape index (κ1) is 20.6. The van der Waals surface area contributed by atoms with Crippen molar-refractivity contribution in [3.8, 4) is 0 Å². The summed E-state index contributed by atoms with van der Waals surface area (Å²) in [4.78, 5) is 22.0. The summed E-state index contributed by atoms with van der Waals surface area (Å²) < 4.78 is 9.70. The van der Waals surface area contributed by atoms with Gasteiger partial charge in [-0.3, -0.25) is 9.59 Å². The van der Waals surface area contributed by atoms with E-state index in [0.717, 1.165) is 12.8 Å². The number of carbonyl (C=O) groups excluding carboxylic acids is 2. The SMILES string of the molecule is CCCCCCCCCCCOC(=O)CC(=N)COC(C)=O. The molecule has 22 heavy (non-hydrogen) atoms. The molecule has 0 radical (unpaired) electrons. The quantitative estimate of drug-likeness (QED) is 0.298. The lowest BCUT2D eigenvalue weighted by atomic mass is 10.1. The third-order valence-electron chi connectivity index (χ3n) is 3.32. The van der Waals surface area contributed by atoms with Crippen LogP contribution in [0.1, 0.15) is 78.1 Å². The van der Waals surface area contributed by atoms with Gasteiger partial charge in [-0.15, -0.1) is 0 Å². The Morgan fingerprint density at radius 2 is 1.41 bits per heavy atom. The second-order valence-electron chi connectivity index (χ2n) is 5.61. The average molecular weight is 313 g/mol. The zero-order chi connectivity index (χ0) is 16.6. The molecule has 0 rings (SSSR count). The molecule has 0 aromatic carbocycles. The molecule has 0 spiro atoms. The fraction of sp³-hybridized carbons (Fsp3) is 0.824. The second-order valence-corrected chi connectivity index (χ2v) is 5.61. The zero-order valence-corrected chi connectivity index (χ0v) is 14.1. The largest absolute Gasteiger partial charge is 0.465 e. The van der Waals surface area contributed by atoms with Crippen molar-refractivity contribution in [1.29, 1.82) is 5.41 Å². The third-order valence-corrected chi connectivity index (χ3v) is 3.32. The number of ether oxygens (including phenoxy) is 2. The minimum Gasteiger partial charge on any atom is -0.465 e. The molecule has 0 aromatic rings. The number of carbonyl (C=O) groups is 2. The Hall–Kier alpha value is -1.39. The van der Waals surface area contributed by atoms with Gasteiger partial charge in [0.15, 0.2) is 0 Å². The highest BCUT2D eigenvalue weighted by molar-refractivity contribution is 5.98. The molecule has 0 unspecified atom stereocenters. The van der Waals surface area contributed by atoms with Crippen molar-refractivity contribution < 1.29 is 19.1 Å². The molecule has 0 amide bonds. The zero-order valence-electron chi connectivity index (χ0n) is 14.1. The Morgan fingerprint density at radius 1 is 0.864 bits per heavy atom. The third kappa shape index (κ3) is 15.0. The fourth-order valence-electron chi connectivity index (χ4n) is 2.06. The van der Waals surface area contributed by atoms with E-state index in [0.29, 0.717) is 6.61 Å². The molecule has 0 aliphatic rings. The number of hydrogen-bond donors (Lipinski definition) is 1. The van der Waals surface area contributed by atoms with Crippen LogP contribution >= 0.6 is 0 Å². The second kappa shape index (κ2) is 14.5. The lowest BCUT2D eigenvalue weighted by Gasteiger charge is -2.06. The first-order chi connectivity index (χ1) is 10.6. The normalized spacial score (nSPS) is 10.3. The van der Waals surface area contributed by atoms with E-state index in [-0.39, 0.29) is 18.7 Å². The van der Waals surface area contributed by atoms with Crippen LogP contribution in [0.2, 0.25) is 0 Å². The van der Waals surface area contributed by atoms with Crippen LogP contribution in [0.15, 0.2) is 0 Å². The Balaban J connectivity index is 3.34. The van der Waals surface area contributed by atoms with Crippen molar-refractivity contribution in [2.24, 2.45) is 0 Å². The summed E-state index contributed by atoms with van der Waals surface area (Å²) in [6.07, 6.45) is 10.9. The molecule has 0 heterocycles. The van der Waals surface area contributed by atoms with Gasteiger partial charge >= 0.3 is 11.9 Å². The molecule has 1 N–H and O–H groups in total.